The van der Waals surface area contributed by atoms with Gasteiger partial charge in [-0.1, -0.05) is 6.07 Å². The summed E-state index contributed by atoms with van der Waals surface area (Å²) in [4.78, 5) is 15.0. The highest BCUT2D eigenvalue weighted by molar-refractivity contribution is 5.75. The molecule has 0 spiro atoms. The van der Waals surface area contributed by atoms with Crippen LogP contribution in [0.2, 0.25) is 0 Å². The van der Waals surface area contributed by atoms with Gasteiger partial charge >= 0.3 is 0 Å². The van der Waals surface area contributed by atoms with E-state index in [1.54, 1.807) is 19.4 Å². The van der Waals surface area contributed by atoms with E-state index in [-0.39, 0.29) is 5.91 Å². The smallest absolute Gasteiger partial charge is 0.236 e. The van der Waals surface area contributed by atoms with E-state index in [9.17, 15) is 4.79 Å². The SMILES string of the molecule is CN(N)C(=O)CCc1cccnc1. The summed E-state index contributed by atoms with van der Waals surface area (Å²) in [6.07, 6.45) is 4.58. The zero-order valence-electron chi connectivity index (χ0n) is 7.60. The minimum Gasteiger partial charge on any atom is -0.284 e. The third kappa shape index (κ3) is 3.21. The Morgan fingerprint density at radius 3 is 3.00 bits per heavy atom. The second-order valence-corrected chi connectivity index (χ2v) is 2.87. The molecule has 70 valence electrons. The lowest BCUT2D eigenvalue weighted by Crippen LogP contribution is -2.33. The van der Waals surface area contributed by atoms with E-state index in [0.29, 0.717) is 12.8 Å². The van der Waals surface area contributed by atoms with Crippen LogP contribution < -0.4 is 5.84 Å². The predicted octanol–water partition coefficient (Wildman–Crippen LogP) is 0.346. The van der Waals surface area contributed by atoms with Crippen LogP contribution >= 0.6 is 0 Å². The first-order chi connectivity index (χ1) is 6.20. The Kier molecular flexibility index (Phi) is 3.40. The number of hydrogen-bond acceptors (Lipinski definition) is 3. The number of carbonyl (C=O) groups excluding carboxylic acids is 1. The fraction of sp³-hybridized carbons (Fsp3) is 0.333. The Bertz CT molecular complexity index is 271. The van der Waals surface area contributed by atoms with Crippen molar-refractivity contribution in [2.24, 2.45) is 5.84 Å². The number of rotatable bonds is 3. The van der Waals surface area contributed by atoms with E-state index in [0.717, 1.165) is 10.6 Å². The molecule has 4 heteroatoms. The van der Waals surface area contributed by atoms with Crippen LogP contribution in [0.5, 0.6) is 0 Å². The average Bonchev–Trinajstić information content (AvgIpc) is 2.15. The number of pyridine rings is 1. The van der Waals surface area contributed by atoms with Gasteiger partial charge in [0.15, 0.2) is 0 Å². The van der Waals surface area contributed by atoms with Gasteiger partial charge in [0.2, 0.25) is 5.91 Å². The van der Waals surface area contributed by atoms with Crippen LogP contribution in [0.3, 0.4) is 0 Å². The largest absolute Gasteiger partial charge is 0.284 e. The minimum absolute atomic E-state index is 0.0659. The van der Waals surface area contributed by atoms with Gasteiger partial charge in [0.05, 0.1) is 0 Å². The molecule has 1 heterocycles. The van der Waals surface area contributed by atoms with Crippen LogP contribution in [0.1, 0.15) is 12.0 Å². The minimum atomic E-state index is -0.0659. The molecule has 13 heavy (non-hydrogen) atoms. The fourth-order valence-corrected chi connectivity index (χ4v) is 0.974. The number of amides is 1. The molecular formula is C9H13N3O. The number of hydrazine groups is 1. The van der Waals surface area contributed by atoms with Gasteiger partial charge in [0.25, 0.3) is 0 Å². The van der Waals surface area contributed by atoms with Crippen molar-refractivity contribution in [1.82, 2.24) is 9.99 Å². The van der Waals surface area contributed by atoms with Gasteiger partial charge in [-0.2, -0.15) is 0 Å². The molecule has 0 aliphatic rings. The molecule has 1 aromatic heterocycles. The van der Waals surface area contributed by atoms with E-state index in [4.69, 9.17) is 5.84 Å². The Balaban J connectivity index is 2.40. The van der Waals surface area contributed by atoms with Crippen LogP contribution in [0.4, 0.5) is 0 Å². The first-order valence-corrected chi connectivity index (χ1v) is 4.10. The maximum absolute atomic E-state index is 11.1. The third-order valence-electron chi connectivity index (χ3n) is 1.74. The molecule has 1 aromatic rings. The third-order valence-corrected chi connectivity index (χ3v) is 1.74. The highest BCUT2D eigenvalue weighted by atomic mass is 16.2. The van der Waals surface area contributed by atoms with Crippen molar-refractivity contribution in [2.75, 3.05) is 7.05 Å². The van der Waals surface area contributed by atoms with Crippen molar-refractivity contribution in [1.29, 1.82) is 0 Å². The summed E-state index contributed by atoms with van der Waals surface area (Å²) >= 11 is 0. The summed E-state index contributed by atoms with van der Waals surface area (Å²) < 4.78 is 0. The van der Waals surface area contributed by atoms with Crippen LogP contribution in [0, 0.1) is 0 Å². The number of nitrogens with zero attached hydrogens (tertiary/aromatic N) is 2. The summed E-state index contributed by atoms with van der Waals surface area (Å²) in [6.45, 7) is 0. The summed E-state index contributed by atoms with van der Waals surface area (Å²) in [5, 5.41) is 1.11. The van der Waals surface area contributed by atoms with Crippen LogP contribution in [-0.4, -0.2) is 22.9 Å². The number of carbonyl (C=O) groups is 1. The van der Waals surface area contributed by atoms with Crippen molar-refractivity contribution in [3.05, 3.63) is 30.1 Å². The molecule has 0 atom stereocenters. The molecule has 0 aliphatic heterocycles. The number of hydrogen-bond donors (Lipinski definition) is 1. The predicted molar refractivity (Wildman–Crippen MR) is 49.5 cm³/mol. The van der Waals surface area contributed by atoms with Crippen LogP contribution in [0.25, 0.3) is 0 Å². The summed E-state index contributed by atoms with van der Waals surface area (Å²) in [5.74, 6) is 5.20. The molecule has 1 rings (SSSR count). The second-order valence-electron chi connectivity index (χ2n) is 2.87. The maximum Gasteiger partial charge on any atom is 0.236 e. The highest BCUT2D eigenvalue weighted by Gasteiger charge is 2.03. The van der Waals surface area contributed by atoms with Crippen LogP contribution in [-0.2, 0) is 11.2 Å². The van der Waals surface area contributed by atoms with Gasteiger partial charge in [-0.05, 0) is 18.1 Å². The molecule has 0 radical (unpaired) electrons. The zero-order valence-corrected chi connectivity index (χ0v) is 7.60. The Morgan fingerprint density at radius 1 is 1.69 bits per heavy atom. The molecule has 0 saturated heterocycles. The van der Waals surface area contributed by atoms with E-state index in [1.165, 1.54) is 0 Å². The standard InChI is InChI=1S/C9H13N3O/c1-12(10)9(13)5-4-8-3-2-6-11-7-8/h2-3,6-7H,4-5,10H2,1H3. The summed E-state index contributed by atoms with van der Waals surface area (Å²) in [5.41, 5.74) is 1.05. The van der Waals surface area contributed by atoms with Gasteiger partial charge in [-0.25, -0.2) is 5.84 Å². The first-order valence-electron chi connectivity index (χ1n) is 4.10. The highest BCUT2D eigenvalue weighted by Crippen LogP contribution is 2.00. The maximum atomic E-state index is 11.1. The fourth-order valence-electron chi connectivity index (χ4n) is 0.974. The van der Waals surface area contributed by atoms with Crippen molar-refractivity contribution < 1.29 is 4.79 Å². The van der Waals surface area contributed by atoms with Crippen molar-refractivity contribution in [3.63, 3.8) is 0 Å². The Morgan fingerprint density at radius 2 is 2.46 bits per heavy atom. The average molecular weight is 179 g/mol. The van der Waals surface area contributed by atoms with E-state index in [1.807, 2.05) is 12.1 Å². The van der Waals surface area contributed by atoms with Gasteiger partial charge in [0, 0.05) is 25.9 Å². The lowest BCUT2D eigenvalue weighted by Gasteiger charge is -2.08. The monoisotopic (exact) mass is 179 g/mol. The molecule has 0 bridgehead atoms. The lowest BCUT2D eigenvalue weighted by atomic mass is 10.1. The molecule has 0 aromatic carbocycles. The molecular weight excluding hydrogens is 166 g/mol. The van der Waals surface area contributed by atoms with E-state index >= 15 is 0 Å². The van der Waals surface area contributed by atoms with Gasteiger partial charge in [0.1, 0.15) is 0 Å². The number of aromatic nitrogens is 1. The molecule has 0 saturated carbocycles. The van der Waals surface area contributed by atoms with Crippen molar-refractivity contribution >= 4 is 5.91 Å². The Labute approximate surface area is 77.3 Å². The lowest BCUT2D eigenvalue weighted by molar-refractivity contribution is -0.130. The van der Waals surface area contributed by atoms with Crippen molar-refractivity contribution in [2.45, 2.75) is 12.8 Å². The van der Waals surface area contributed by atoms with Gasteiger partial charge in [-0.3, -0.25) is 14.8 Å². The van der Waals surface area contributed by atoms with Gasteiger partial charge in [-0.15, -0.1) is 0 Å². The molecule has 1 amide bonds. The van der Waals surface area contributed by atoms with E-state index < -0.39 is 0 Å². The summed E-state index contributed by atoms with van der Waals surface area (Å²) in [7, 11) is 1.55. The molecule has 4 nitrogen and oxygen atoms in total. The number of aryl methyl sites for hydroxylation is 1. The zero-order chi connectivity index (χ0) is 9.68. The second kappa shape index (κ2) is 4.57. The first kappa shape index (κ1) is 9.67. The van der Waals surface area contributed by atoms with Crippen LogP contribution in [0.15, 0.2) is 24.5 Å². The Hall–Kier alpha value is -1.42. The van der Waals surface area contributed by atoms with E-state index in [2.05, 4.69) is 4.98 Å². The normalized spacial score (nSPS) is 9.69. The molecule has 2 N–H and O–H groups in total. The topological polar surface area (TPSA) is 59.2 Å². The van der Waals surface area contributed by atoms with Gasteiger partial charge < -0.3 is 0 Å². The molecule has 0 fully saturated rings. The van der Waals surface area contributed by atoms with Crippen molar-refractivity contribution in [3.8, 4) is 0 Å². The molecule has 0 aliphatic carbocycles. The molecule has 0 unspecified atom stereocenters. The quantitative estimate of drug-likeness (QED) is 0.413. The number of nitrogens with two attached hydrogens (primary N) is 1. The summed E-state index contributed by atoms with van der Waals surface area (Å²) in [6, 6.07) is 3.79.